The first-order chi connectivity index (χ1) is 14.3. The summed E-state index contributed by atoms with van der Waals surface area (Å²) < 4.78 is 11.3. The van der Waals surface area contributed by atoms with E-state index in [-0.39, 0.29) is 17.5 Å². The number of hydrogen-bond donors (Lipinski definition) is 1. The fraction of sp³-hybridized carbons (Fsp3) is 0.182. The second-order valence-electron chi connectivity index (χ2n) is 7.13. The minimum atomic E-state index is -0.479. The molecule has 0 aliphatic rings. The molecule has 0 saturated carbocycles. The molecule has 0 atom stereocenters. The lowest BCUT2D eigenvalue weighted by Crippen LogP contribution is -2.14. The van der Waals surface area contributed by atoms with Crippen molar-refractivity contribution in [2.24, 2.45) is 0 Å². The Labute approximate surface area is 171 Å². The molecule has 8 heteroatoms. The number of rotatable bonds is 5. The topological polar surface area (TPSA) is 107 Å². The zero-order valence-electron chi connectivity index (χ0n) is 16.6. The summed E-state index contributed by atoms with van der Waals surface area (Å²) in [6.45, 7) is 5.39. The first-order valence-corrected chi connectivity index (χ1v) is 9.38. The number of nitro benzene ring substituents is 1. The van der Waals surface area contributed by atoms with Crippen molar-refractivity contribution in [1.82, 2.24) is 9.97 Å². The third kappa shape index (κ3) is 3.43. The van der Waals surface area contributed by atoms with E-state index in [0.29, 0.717) is 17.1 Å². The molecule has 8 nitrogen and oxygen atoms in total. The van der Waals surface area contributed by atoms with Gasteiger partial charge in [0.15, 0.2) is 5.69 Å². The molecular formula is C22H19N3O5. The first kappa shape index (κ1) is 19.4. The lowest BCUT2D eigenvalue weighted by atomic mass is 10.1. The van der Waals surface area contributed by atoms with Crippen molar-refractivity contribution in [3.63, 3.8) is 0 Å². The number of hydrogen-bond acceptors (Lipinski definition) is 6. The number of nitrogens with zero attached hydrogens (tertiary/aromatic N) is 2. The Hall–Kier alpha value is -3.94. The molecule has 0 saturated heterocycles. The minimum Gasteiger partial charge on any atom is -0.458 e. The van der Waals surface area contributed by atoms with E-state index in [9.17, 15) is 14.9 Å². The van der Waals surface area contributed by atoms with E-state index in [0.717, 1.165) is 21.8 Å². The van der Waals surface area contributed by atoms with Crippen LogP contribution in [0.2, 0.25) is 0 Å². The van der Waals surface area contributed by atoms with Gasteiger partial charge < -0.3 is 14.5 Å². The Morgan fingerprint density at radius 3 is 2.50 bits per heavy atom. The lowest BCUT2D eigenvalue weighted by Gasteiger charge is -2.11. The molecule has 1 N–H and O–H groups in total. The summed E-state index contributed by atoms with van der Waals surface area (Å²) in [6, 6.07) is 11.4. The van der Waals surface area contributed by atoms with Crippen molar-refractivity contribution in [2.75, 3.05) is 0 Å². The van der Waals surface area contributed by atoms with Gasteiger partial charge in [-0.1, -0.05) is 6.07 Å². The van der Waals surface area contributed by atoms with Crippen molar-refractivity contribution in [1.29, 1.82) is 0 Å². The molecule has 4 aromatic rings. The molecule has 30 heavy (non-hydrogen) atoms. The molecule has 0 unspecified atom stereocenters. The van der Waals surface area contributed by atoms with Gasteiger partial charge in [-0.25, -0.2) is 9.78 Å². The Morgan fingerprint density at radius 2 is 1.83 bits per heavy atom. The van der Waals surface area contributed by atoms with Crippen molar-refractivity contribution in [3.8, 4) is 11.5 Å². The van der Waals surface area contributed by atoms with Crippen LogP contribution < -0.4 is 4.74 Å². The second kappa shape index (κ2) is 7.47. The molecule has 152 valence electrons. The summed E-state index contributed by atoms with van der Waals surface area (Å²) in [6.07, 6.45) is 1.35. The number of nitrogens with one attached hydrogen (secondary N) is 1. The highest BCUT2D eigenvalue weighted by Gasteiger charge is 2.20. The Kier molecular flexibility index (Phi) is 4.83. The van der Waals surface area contributed by atoms with Crippen LogP contribution in [0.15, 0.2) is 48.7 Å². The largest absolute Gasteiger partial charge is 0.458 e. The number of non-ortho nitro benzene ring substituents is 1. The summed E-state index contributed by atoms with van der Waals surface area (Å²) >= 11 is 0. The summed E-state index contributed by atoms with van der Waals surface area (Å²) in [4.78, 5) is 30.4. The predicted molar refractivity (Wildman–Crippen MR) is 112 cm³/mol. The number of aromatic nitrogens is 2. The monoisotopic (exact) mass is 405 g/mol. The summed E-state index contributed by atoms with van der Waals surface area (Å²) in [5.74, 6) is 0.547. The first-order valence-electron chi connectivity index (χ1n) is 9.38. The average molecular weight is 405 g/mol. The Bertz CT molecular complexity index is 1280. The van der Waals surface area contributed by atoms with Gasteiger partial charge in [-0.2, -0.15) is 0 Å². The van der Waals surface area contributed by atoms with Crippen molar-refractivity contribution < 1.29 is 19.2 Å². The van der Waals surface area contributed by atoms with E-state index in [4.69, 9.17) is 9.47 Å². The van der Waals surface area contributed by atoms with Crippen LogP contribution in [0, 0.1) is 17.0 Å². The molecule has 0 amide bonds. The maximum atomic E-state index is 12.5. The molecule has 2 heterocycles. The molecule has 4 rings (SSSR count). The van der Waals surface area contributed by atoms with E-state index in [1.807, 2.05) is 25.1 Å². The third-order valence-corrected chi connectivity index (χ3v) is 4.68. The van der Waals surface area contributed by atoms with E-state index < -0.39 is 10.9 Å². The second-order valence-corrected chi connectivity index (χ2v) is 7.13. The predicted octanol–water partition coefficient (Wildman–Crippen LogP) is 5.29. The zero-order chi connectivity index (χ0) is 21.4. The van der Waals surface area contributed by atoms with Gasteiger partial charge in [-0.3, -0.25) is 10.1 Å². The van der Waals surface area contributed by atoms with Gasteiger partial charge in [0.05, 0.1) is 33.6 Å². The molecule has 0 bridgehead atoms. The van der Waals surface area contributed by atoms with E-state index >= 15 is 0 Å². The number of carbonyl (C=O) groups excluding carboxylic acids is 1. The average Bonchev–Trinajstić information content (AvgIpc) is 3.08. The molecule has 2 aromatic heterocycles. The third-order valence-electron chi connectivity index (χ3n) is 4.68. The van der Waals surface area contributed by atoms with Crippen molar-refractivity contribution in [3.05, 3.63) is 70.0 Å². The summed E-state index contributed by atoms with van der Waals surface area (Å²) in [5, 5.41) is 12.5. The highest BCUT2D eigenvalue weighted by Crippen LogP contribution is 2.37. The molecule has 0 radical (unpaired) electrons. The maximum absolute atomic E-state index is 12.5. The summed E-state index contributed by atoms with van der Waals surface area (Å²) in [7, 11) is 0. The molecule has 2 aromatic carbocycles. The number of fused-ring (bicyclic) bond motifs is 3. The van der Waals surface area contributed by atoms with Gasteiger partial charge in [0.2, 0.25) is 0 Å². The highest BCUT2D eigenvalue weighted by molar-refractivity contribution is 6.13. The molecule has 0 spiro atoms. The standard InChI is InChI=1S/C22H19N3O5/c1-12(2)29-22(26)21-13(3)19-17(11-23-21)24-16-5-4-6-18(20(16)19)30-15-9-7-14(8-10-15)25(27)28/h4-12,24H,1-3H3. The minimum absolute atomic E-state index is 0.0112. The van der Waals surface area contributed by atoms with Crippen LogP contribution in [0.1, 0.15) is 29.9 Å². The SMILES string of the molecule is Cc1c(C(=O)OC(C)C)ncc2[nH]c3cccc(Oc4ccc([N+](=O)[O-])cc4)c3c12. The van der Waals surface area contributed by atoms with Gasteiger partial charge in [-0.15, -0.1) is 0 Å². The van der Waals surface area contributed by atoms with Crippen LogP contribution in [0.5, 0.6) is 11.5 Å². The van der Waals surface area contributed by atoms with Gasteiger partial charge in [0, 0.05) is 17.5 Å². The number of H-pyrrole nitrogens is 1. The fourth-order valence-electron chi connectivity index (χ4n) is 3.39. The van der Waals surface area contributed by atoms with Gasteiger partial charge in [-0.05, 0) is 50.6 Å². The van der Waals surface area contributed by atoms with E-state index in [1.165, 1.54) is 12.1 Å². The van der Waals surface area contributed by atoms with Crippen LogP contribution >= 0.6 is 0 Å². The molecule has 0 aliphatic heterocycles. The van der Waals surface area contributed by atoms with Crippen LogP contribution in [0.25, 0.3) is 21.8 Å². The number of esters is 1. The quantitative estimate of drug-likeness (QED) is 0.275. The van der Waals surface area contributed by atoms with Gasteiger partial charge in [0.25, 0.3) is 5.69 Å². The Morgan fingerprint density at radius 1 is 1.10 bits per heavy atom. The number of aromatic amines is 1. The smallest absolute Gasteiger partial charge is 0.357 e. The van der Waals surface area contributed by atoms with Gasteiger partial charge in [0.1, 0.15) is 11.5 Å². The van der Waals surface area contributed by atoms with Crippen molar-refractivity contribution in [2.45, 2.75) is 26.9 Å². The van der Waals surface area contributed by atoms with Crippen molar-refractivity contribution >= 4 is 33.5 Å². The number of benzene rings is 2. The van der Waals surface area contributed by atoms with E-state index in [1.54, 1.807) is 32.2 Å². The van der Waals surface area contributed by atoms with Crippen LogP contribution in [0.3, 0.4) is 0 Å². The normalized spacial score (nSPS) is 11.2. The number of carbonyl (C=O) groups is 1. The number of aryl methyl sites for hydroxylation is 1. The Balaban J connectivity index is 1.83. The maximum Gasteiger partial charge on any atom is 0.357 e. The fourth-order valence-corrected chi connectivity index (χ4v) is 3.39. The van der Waals surface area contributed by atoms with Crippen LogP contribution in [-0.4, -0.2) is 27.0 Å². The lowest BCUT2D eigenvalue weighted by molar-refractivity contribution is -0.384. The number of pyridine rings is 1. The number of ether oxygens (including phenoxy) is 2. The summed E-state index contributed by atoms with van der Waals surface area (Å²) in [5.41, 5.74) is 2.52. The zero-order valence-corrected chi connectivity index (χ0v) is 16.6. The molecule has 0 fully saturated rings. The molecule has 0 aliphatic carbocycles. The van der Waals surface area contributed by atoms with Crippen LogP contribution in [0.4, 0.5) is 5.69 Å². The van der Waals surface area contributed by atoms with Crippen LogP contribution in [-0.2, 0) is 4.74 Å². The number of nitro groups is 1. The molecular weight excluding hydrogens is 386 g/mol. The highest BCUT2D eigenvalue weighted by atomic mass is 16.6. The van der Waals surface area contributed by atoms with Gasteiger partial charge >= 0.3 is 5.97 Å². The van der Waals surface area contributed by atoms with E-state index in [2.05, 4.69) is 9.97 Å².